The highest BCUT2D eigenvalue weighted by Crippen LogP contribution is 2.14. The third-order valence-corrected chi connectivity index (χ3v) is 3.77. The second-order valence-electron chi connectivity index (χ2n) is 5.88. The van der Waals surface area contributed by atoms with Crippen LogP contribution in [0.15, 0.2) is 53.6 Å². The van der Waals surface area contributed by atoms with Crippen LogP contribution in [-0.2, 0) is 0 Å². The monoisotopic (exact) mass is 340 g/mol. The highest BCUT2D eigenvalue weighted by atomic mass is 16.3. The molecule has 0 atom stereocenters. The molecule has 2 N–H and O–H groups in total. The number of carbonyl (C=O) groups is 1. The summed E-state index contributed by atoms with van der Waals surface area (Å²) in [7, 11) is 5.77. The molecule has 0 unspecified atom stereocenters. The molecule has 0 saturated heterocycles. The molecule has 6 nitrogen and oxygen atoms in total. The fraction of sp³-hybridized carbons (Fsp3) is 0.263. The van der Waals surface area contributed by atoms with Gasteiger partial charge in [0.05, 0.1) is 12.8 Å². The number of hydrogen-bond acceptors (Lipinski definition) is 5. The predicted molar refractivity (Wildman–Crippen MR) is 103 cm³/mol. The molecule has 25 heavy (non-hydrogen) atoms. The highest BCUT2D eigenvalue weighted by molar-refractivity contribution is 5.95. The van der Waals surface area contributed by atoms with Crippen molar-refractivity contribution in [2.75, 3.05) is 44.1 Å². The Morgan fingerprint density at radius 2 is 1.84 bits per heavy atom. The fourth-order valence-corrected chi connectivity index (χ4v) is 2.25. The van der Waals surface area contributed by atoms with Crippen molar-refractivity contribution in [2.24, 2.45) is 5.10 Å². The standard InChI is InChI=1S/C19H24N4O2/c1-22(2)18-6-4-5-16(13-18)19(25)21-20-14-15-7-9-17(10-8-15)23(3)11-12-24/h4-10,13-14,24H,11-12H2,1-3H3,(H,21,25)/b20-14+. The van der Waals surface area contributed by atoms with E-state index in [4.69, 9.17) is 5.11 Å². The van der Waals surface area contributed by atoms with E-state index in [0.29, 0.717) is 12.1 Å². The van der Waals surface area contributed by atoms with Gasteiger partial charge >= 0.3 is 0 Å². The lowest BCUT2D eigenvalue weighted by atomic mass is 10.2. The summed E-state index contributed by atoms with van der Waals surface area (Å²) in [5, 5.41) is 13.0. The van der Waals surface area contributed by atoms with Gasteiger partial charge in [0.15, 0.2) is 0 Å². The van der Waals surface area contributed by atoms with Gasteiger partial charge in [0.1, 0.15) is 0 Å². The predicted octanol–water partition coefficient (Wildman–Crippen LogP) is 1.94. The first-order valence-corrected chi connectivity index (χ1v) is 8.04. The van der Waals surface area contributed by atoms with Gasteiger partial charge in [0.25, 0.3) is 5.91 Å². The number of carbonyl (C=O) groups excluding carboxylic acids is 1. The SMILES string of the molecule is CN(C)c1cccc(C(=O)N/N=C/c2ccc(N(C)CCO)cc2)c1. The van der Waals surface area contributed by atoms with Crippen LogP contribution < -0.4 is 15.2 Å². The molecule has 0 aromatic heterocycles. The molecule has 1 amide bonds. The maximum atomic E-state index is 12.2. The van der Waals surface area contributed by atoms with Crippen LogP contribution in [0, 0.1) is 0 Å². The lowest BCUT2D eigenvalue weighted by Crippen LogP contribution is -2.21. The summed E-state index contributed by atoms with van der Waals surface area (Å²) in [6.45, 7) is 0.691. The van der Waals surface area contributed by atoms with Crippen LogP contribution in [0.25, 0.3) is 0 Å². The van der Waals surface area contributed by atoms with Crippen molar-refractivity contribution >= 4 is 23.5 Å². The van der Waals surface area contributed by atoms with Crippen LogP contribution in [0.4, 0.5) is 11.4 Å². The Labute approximate surface area is 148 Å². The molecule has 0 bridgehead atoms. The minimum Gasteiger partial charge on any atom is -0.395 e. The normalized spacial score (nSPS) is 10.7. The number of likely N-dealkylation sites (N-methyl/N-ethyl adjacent to an activating group) is 1. The molecule has 2 aromatic rings. The molecule has 0 aliphatic carbocycles. The first-order valence-electron chi connectivity index (χ1n) is 8.04. The molecule has 0 heterocycles. The van der Waals surface area contributed by atoms with Gasteiger partial charge in [-0.05, 0) is 35.9 Å². The number of anilines is 2. The molecular formula is C19H24N4O2. The molecule has 6 heteroatoms. The minimum absolute atomic E-state index is 0.112. The Morgan fingerprint density at radius 1 is 1.12 bits per heavy atom. The molecule has 132 valence electrons. The highest BCUT2D eigenvalue weighted by Gasteiger charge is 2.05. The summed E-state index contributed by atoms with van der Waals surface area (Å²) in [6, 6.07) is 15.1. The van der Waals surface area contributed by atoms with Crippen LogP contribution in [0.5, 0.6) is 0 Å². The zero-order chi connectivity index (χ0) is 18.2. The van der Waals surface area contributed by atoms with E-state index in [1.807, 2.05) is 73.4 Å². The van der Waals surface area contributed by atoms with Crippen LogP contribution in [0.3, 0.4) is 0 Å². The first kappa shape index (κ1) is 18.5. The second kappa shape index (κ2) is 8.84. The average Bonchev–Trinajstić information content (AvgIpc) is 2.62. The molecule has 0 aliphatic heterocycles. The van der Waals surface area contributed by atoms with E-state index in [0.717, 1.165) is 16.9 Å². The van der Waals surface area contributed by atoms with Crippen molar-refractivity contribution in [2.45, 2.75) is 0 Å². The summed E-state index contributed by atoms with van der Waals surface area (Å²) in [5.74, 6) is -0.251. The van der Waals surface area contributed by atoms with Crippen molar-refractivity contribution in [1.29, 1.82) is 0 Å². The number of nitrogens with zero attached hydrogens (tertiary/aromatic N) is 3. The Bertz CT molecular complexity index is 726. The molecule has 0 radical (unpaired) electrons. The number of rotatable bonds is 7. The molecule has 0 spiro atoms. The number of hydrogen-bond donors (Lipinski definition) is 2. The van der Waals surface area contributed by atoms with Gasteiger partial charge in [-0.15, -0.1) is 0 Å². The lowest BCUT2D eigenvalue weighted by molar-refractivity contribution is 0.0955. The van der Waals surface area contributed by atoms with Crippen molar-refractivity contribution < 1.29 is 9.90 Å². The van der Waals surface area contributed by atoms with Gasteiger partial charge in [-0.25, -0.2) is 5.43 Å². The van der Waals surface area contributed by atoms with Crippen LogP contribution in [0.2, 0.25) is 0 Å². The quantitative estimate of drug-likeness (QED) is 0.597. The van der Waals surface area contributed by atoms with Gasteiger partial charge in [-0.1, -0.05) is 18.2 Å². The molecule has 2 rings (SSSR count). The van der Waals surface area contributed by atoms with E-state index in [1.165, 1.54) is 0 Å². The third-order valence-electron chi connectivity index (χ3n) is 3.77. The fourth-order valence-electron chi connectivity index (χ4n) is 2.25. The number of amides is 1. The molecular weight excluding hydrogens is 316 g/mol. The molecule has 0 fully saturated rings. The second-order valence-corrected chi connectivity index (χ2v) is 5.88. The van der Waals surface area contributed by atoms with E-state index >= 15 is 0 Å². The summed E-state index contributed by atoms with van der Waals surface area (Å²) in [6.07, 6.45) is 1.60. The smallest absolute Gasteiger partial charge is 0.271 e. The number of aliphatic hydroxyl groups excluding tert-OH is 1. The van der Waals surface area contributed by atoms with E-state index in [1.54, 1.807) is 12.3 Å². The zero-order valence-corrected chi connectivity index (χ0v) is 14.8. The summed E-state index contributed by atoms with van der Waals surface area (Å²) in [5.41, 5.74) is 5.95. The minimum atomic E-state index is -0.251. The number of aliphatic hydroxyl groups is 1. The van der Waals surface area contributed by atoms with E-state index in [2.05, 4.69) is 10.5 Å². The average molecular weight is 340 g/mol. The summed E-state index contributed by atoms with van der Waals surface area (Å²) in [4.78, 5) is 16.0. The topological polar surface area (TPSA) is 68.2 Å². The van der Waals surface area contributed by atoms with E-state index < -0.39 is 0 Å². The summed E-state index contributed by atoms with van der Waals surface area (Å²) < 4.78 is 0. The zero-order valence-electron chi connectivity index (χ0n) is 14.8. The van der Waals surface area contributed by atoms with Crippen LogP contribution in [0.1, 0.15) is 15.9 Å². The van der Waals surface area contributed by atoms with Gasteiger partial charge in [0, 0.05) is 44.6 Å². The van der Waals surface area contributed by atoms with E-state index in [-0.39, 0.29) is 12.5 Å². The molecule has 0 aliphatic rings. The maximum absolute atomic E-state index is 12.2. The van der Waals surface area contributed by atoms with Gasteiger partial charge in [-0.3, -0.25) is 4.79 Å². The summed E-state index contributed by atoms with van der Waals surface area (Å²) >= 11 is 0. The van der Waals surface area contributed by atoms with Gasteiger partial charge in [-0.2, -0.15) is 5.10 Å². The van der Waals surface area contributed by atoms with Crippen molar-refractivity contribution in [3.63, 3.8) is 0 Å². The Balaban J connectivity index is 1.96. The number of nitrogens with one attached hydrogen (secondary N) is 1. The number of benzene rings is 2. The third kappa shape index (κ3) is 5.32. The maximum Gasteiger partial charge on any atom is 0.271 e. The van der Waals surface area contributed by atoms with Gasteiger partial charge < -0.3 is 14.9 Å². The largest absolute Gasteiger partial charge is 0.395 e. The molecule has 0 saturated carbocycles. The van der Waals surface area contributed by atoms with E-state index in [9.17, 15) is 4.79 Å². The Kier molecular flexibility index (Phi) is 6.54. The molecule has 2 aromatic carbocycles. The van der Waals surface area contributed by atoms with Crippen LogP contribution in [-0.4, -0.2) is 51.5 Å². The van der Waals surface area contributed by atoms with Crippen molar-refractivity contribution in [3.05, 3.63) is 59.7 Å². The Hall–Kier alpha value is -2.86. The lowest BCUT2D eigenvalue weighted by Gasteiger charge is -2.17. The van der Waals surface area contributed by atoms with Crippen LogP contribution >= 0.6 is 0 Å². The van der Waals surface area contributed by atoms with Gasteiger partial charge in [0.2, 0.25) is 0 Å². The van der Waals surface area contributed by atoms with Crippen molar-refractivity contribution in [1.82, 2.24) is 5.43 Å². The first-order chi connectivity index (χ1) is 12.0. The van der Waals surface area contributed by atoms with Crippen molar-refractivity contribution in [3.8, 4) is 0 Å². The number of hydrazone groups is 1. The Morgan fingerprint density at radius 3 is 2.48 bits per heavy atom.